The third-order valence-electron chi connectivity index (χ3n) is 8.76. The zero-order valence-corrected chi connectivity index (χ0v) is 26.9. The van der Waals surface area contributed by atoms with Crippen molar-refractivity contribution in [1.82, 2.24) is 4.90 Å². The largest absolute Gasteiger partial charge is 0.394 e. The average molecular weight is 645 g/mol. The molecule has 0 radical (unpaired) electrons. The van der Waals surface area contributed by atoms with Crippen LogP contribution in [0.2, 0.25) is 10.0 Å². The van der Waals surface area contributed by atoms with Crippen molar-refractivity contribution in [1.29, 1.82) is 0 Å². The van der Waals surface area contributed by atoms with E-state index in [0.29, 0.717) is 33.0 Å². The van der Waals surface area contributed by atoms with Crippen LogP contribution in [0.15, 0.2) is 36.4 Å². The fourth-order valence-electron chi connectivity index (χ4n) is 6.80. The molecule has 4 atom stereocenters. The molecule has 4 fully saturated rings. The van der Waals surface area contributed by atoms with Crippen LogP contribution in [0.4, 0.5) is 11.4 Å². The lowest BCUT2D eigenvalue weighted by molar-refractivity contribution is -0.156. The lowest BCUT2D eigenvalue weighted by Gasteiger charge is -2.23. The van der Waals surface area contributed by atoms with Crippen LogP contribution in [0.3, 0.4) is 0 Å². The van der Waals surface area contributed by atoms with Gasteiger partial charge in [-0.2, -0.15) is 0 Å². The molecule has 1 amide bonds. The van der Waals surface area contributed by atoms with Gasteiger partial charge in [0.1, 0.15) is 12.6 Å². The van der Waals surface area contributed by atoms with Crippen molar-refractivity contribution in [2.45, 2.75) is 40.0 Å². The molecule has 3 aliphatic heterocycles. The fraction of sp³-hybridized carbons (Fsp3) is 0.485. The number of fused-ring (bicyclic) bond motifs is 2. The highest BCUT2D eigenvalue weighted by Crippen LogP contribution is 2.40. The standard InChI is InChI=1S/C15H17ClN2O2.C14H16ClNO.C4H6O3/c1-10(20)17-5-12-7-18(8-13(12)6-17)15-3-11(9-19)2-14(16)4-15;15-13-4-10(9-17)5-14(6-13)16-7-11-2-1-3-12(11)8-16;1-3(5)7-4(2)6/h2-4,9,12-13H,5-8H2,1H3;4-6,9,11-12H,1-3,7-8H2;1-2H3. The molecule has 3 heterocycles. The quantitative estimate of drug-likeness (QED) is 0.243. The van der Waals surface area contributed by atoms with Gasteiger partial charge in [0.2, 0.25) is 5.91 Å². The van der Waals surface area contributed by atoms with E-state index in [0.717, 1.165) is 75.1 Å². The Hall–Kier alpha value is -3.43. The summed E-state index contributed by atoms with van der Waals surface area (Å²) in [5.74, 6) is 1.80. The second-order valence-electron chi connectivity index (χ2n) is 12.0. The van der Waals surface area contributed by atoms with Crippen molar-refractivity contribution in [3.05, 3.63) is 57.6 Å². The van der Waals surface area contributed by atoms with Crippen molar-refractivity contribution in [3.63, 3.8) is 0 Å². The number of carbonyl (C=O) groups is 5. The van der Waals surface area contributed by atoms with Gasteiger partial charge in [-0.05, 0) is 61.1 Å². The van der Waals surface area contributed by atoms with Crippen LogP contribution in [0.1, 0.15) is 60.7 Å². The Morgan fingerprint density at radius 1 is 0.659 bits per heavy atom. The first-order valence-electron chi connectivity index (χ1n) is 14.9. The van der Waals surface area contributed by atoms with Gasteiger partial charge in [0.05, 0.1) is 0 Å². The van der Waals surface area contributed by atoms with Crippen LogP contribution < -0.4 is 9.80 Å². The van der Waals surface area contributed by atoms with Gasteiger partial charge in [0, 0.05) is 104 Å². The zero-order chi connectivity index (χ0) is 32.0. The predicted molar refractivity (Wildman–Crippen MR) is 171 cm³/mol. The first-order valence-corrected chi connectivity index (χ1v) is 15.7. The third kappa shape index (κ3) is 8.82. The molecular weight excluding hydrogens is 605 g/mol. The van der Waals surface area contributed by atoms with Gasteiger partial charge in [-0.25, -0.2) is 0 Å². The number of hydrogen-bond donors (Lipinski definition) is 0. The summed E-state index contributed by atoms with van der Waals surface area (Å²) < 4.78 is 3.97. The second-order valence-corrected chi connectivity index (χ2v) is 12.9. The second kappa shape index (κ2) is 15.0. The minimum Gasteiger partial charge on any atom is -0.394 e. The van der Waals surface area contributed by atoms with Gasteiger partial charge in [0.15, 0.2) is 0 Å². The number of amides is 1. The van der Waals surface area contributed by atoms with Crippen LogP contribution in [0, 0.1) is 23.7 Å². The molecule has 1 aliphatic carbocycles. The van der Waals surface area contributed by atoms with Crippen molar-refractivity contribution in [2.24, 2.45) is 23.7 Å². The first kappa shape index (κ1) is 33.5. The Morgan fingerprint density at radius 2 is 1.07 bits per heavy atom. The number of rotatable bonds is 4. The van der Waals surface area contributed by atoms with Gasteiger partial charge >= 0.3 is 11.9 Å². The SMILES string of the molecule is CC(=O)N1CC2CN(c3cc(Cl)cc(C=O)c3)CC2C1.CC(=O)OC(C)=O.O=Cc1cc(Cl)cc(N2CC3CCCC3C2)c1. The van der Waals surface area contributed by atoms with Crippen LogP contribution in [-0.2, 0) is 19.1 Å². The van der Waals surface area contributed by atoms with Gasteiger partial charge in [0.25, 0.3) is 0 Å². The predicted octanol–water partition coefficient (Wildman–Crippen LogP) is 5.55. The number of halogens is 2. The number of benzene rings is 2. The Bertz CT molecular complexity index is 1360. The third-order valence-corrected chi connectivity index (χ3v) is 9.19. The van der Waals surface area contributed by atoms with Gasteiger partial charge < -0.3 is 19.4 Å². The Morgan fingerprint density at radius 3 is 1.41 bits per heavy atom. The maximum atomic E-state index is 11.4. The highest BCUT2D eigenvalue weighted by Gasteiger charge is 2.41. The monoisotopic (exact) mass is 643 g/mol. The number of likely N-dealkylation sites (tertiary alicyclic amines) is 1. The Labute approximate surface area is 268 Å². The number of aldehydes is 2. The van der Waals surface area contributed by atoms with Gasteiger partial charge in [-0.1, -0.05) is 29.6 Å². The van der Waals surface area contributed by atoms with E-state index in [1.54, 1.807) is 19.1 Å². The number of carbonyl (C=O) groups excluding carboxylic acids is 5. The molecular formula is C33H39Cl2N3O6. The van der Waals surface area contributed by atoms with Crippen LogP contribution in [-0.4, -0.2) is 74.6 Å². The number of anilines is 2. The summed E-state index contributed by atoms with van der Waals surface area (Å²) >= 11 is 12.1. The normalized spacial score (nSPS) is 23.1. The maximum Gasteiger partial charge on any atom is 0.310 e. The zero-order valence-electron chi connectivity index (χ0n) is 25.3. The van der Waals surface area contributed by atoms with E-state index in [4.69, 9.17) is 23.2 Å². The molecule has 0 spiro atoms. The minimum absolute atomic E-state index is 0.164. The van der Waals surface area contributed by atoms with E-state index in [-0.39, 0.29) is 5.91 Å². The van der Waals surface area contributed by atoms with Crippen molar-refractivity contribution in [3.8, 4) is 0 Å². The first-order chi connectivity index (χ1) is 20.9. The molecule has 4 aliphatic rings. The maximum absolute atomic E-state index is 11.4. The number of hydrogen-bond acceptors (Lipinski definition) is 8. The molecule has 1 saturated carbocycles. The molecule has 6 rings (SSSR count). The average Bonchev–Trinajstić information content (AvgIpc) is 3.73. The summed E-state index contributed by atoms with van der Waals surface area (Å²) in [6.07, 6.45) is 5.80. The summed E-state index contributed by atoms with van der Waals surface area (Å²) in [6.45, 7) is 9.79. The minimum atomic E-state index is -0.562. The van der Waals surface area contributed by atoms with E-state index in [1.807, 2.05) is 29.2 Å². The summed E-state index contributed by atoms with van der Waals surface area (Å²) in [7, 11) is 0. The molecule has 2 aromatic carbocycles. The number of nitrogens with zero attached hydrogens (tertiary/aromatic N) is 3. The van der Waals surface area contributed by atoms with Crippen molar-refractivity contribution in [2.75, 3.05) is 49.1 Å². The molecule has 0 aromatic heterocycles. The molecule has 11 heteroatoms. The van der Waals surface area contributed by atoms with Crippen LogP contribution in [0.5, 0.6) is 0 Å². The topological polar surface area (TPSA) is 104 Å². The van der Waals surface area contributed by atoms with E-state index < -0.39 is 11.9 Å². The van der Waals surface area contributed by atoms with E-state index in [1.165, 1.54) is 33.1 Å². The highest BCUT2D eigenvalue weighted by atomic mass is 35.5. The van der Waals surface area contributed by atoms with Crippen LogP contribution in [0.25, 0.3) is 0 Å². The summed E-state index contributed by atoms with van der Waals surface area (Å²) in [5.41, 5.74) is 3.39. The van der Waals surface area contributed by atoms with Crippen LogP contribution >= 0.6 is 23.2 Å². The Kier molecular flexibility index (Phi) is 11.4. The molecule has 0 N–H and O–H groups in total. The lowest BCUT2D eigenvalue weighted by Crippen LogP contribution is -2.31. The highest BCUT2D eigenvalue weighted by molar-refractivity contribution is 6.31. The summed E-state index contributed by atoms with van der Waals surface area (Å²) in [6, 6.07) is 11.1. The number of ether oxygens (including phenoxy) is 1. The van der Waals surface area contributed by atoms with Crippen molar-refractivity contribution >= 4 is 65.0 Å². The molecule has 3 saturated heterocycles. The van der Waals surface area contributed by atoms with E-state index in [9.17, 15) is 24.0 Å². The molecule has 9 nitrogen and oxygen atoms in total. The fourth-order valence-corrected chi connectivity index (χ4v) is 7.28. The lowest BCUT2D eigenvalue weighted by atomic mass is 10.0. The van der Waals surface area contributed by atoms with E-state index in [2.05, 4.69) is 14.5 Å². The molecule has 44 heavy (non-hydrogen) atoms. The Balaban J connectivity index is 0.000000168. The smallest absolute Gasteiger partial charge is 0.310 e. The van der Waals surface area contributed by atoms with E-state index >= 15 is 0 Å². The molecule has 2 aromatic rings. The van der Waals surface area contributed by atoms with Gasteiger partial charge in [-0.3, -0.25) is 24.0 Å². The van der Waals surface area contributed by atoms with Crippen molar-refractivity contribution < 1.29 is 28.7 Å². The van der Waals surface area contributed by atoms with Gasteiger partial charge in [-0.15, -0.1) is 0 Å². The number of esters is 2. The summed E-state index contributed by atoms with van der Waals surface area (Å²) in [5, 5.41) is 1.24. The summed E-state index contributed by atoms with van der Waals surface area (Å²) in [4.78, 5) is 59.4. The molecule has 236 valence electrons. The molecule has 0 bridgehead atoms. The molecule has 4 unspecified atom stereocenters.